The van der Waals surface area contributed by atoms with E-state index < -0.39 is 0 Å². The van der Waals surface area contributed by atoms with Crippen LogP contribution in [0.2, 0.25) is 0 Å². The lowest BCUT2D eigenvalue weighted by Crippen LogP contribution is -2.87. The molecular formula is C10H20N4. The summed E-state index contributed by atoms with van der Waals surface area (Å²) in [6.07, 6.45) is 5.16. The SMILES string of the molecule is C1CCC23NCCNC2(C1)NCCN3. The normalized spacial score (nSPS) is 48.0. The fraction of sp³-hybridized carbons (Fsp3) is 1.00. The van der Waals surface area contributed by atoms with E-state index in [0.717, 1.165) is 26.2 Å². The van der Waals surface area contributed by atoms with Gasteiger partial charge in [0.1, 0.15) is 11.3 Å². The largest absolute Gasteiger partial charge is 0.295 e. The average Bonchev–Trinajstić information content (AvgIpc) is 2.27. The molecule has 1 saturated carbocycles. The second kappa shape index (κ2) is 3.17. The van der Waals surface area contributed by atoms with Crippen molar-refractivity contribution in [3.8, 4) is 0 Å². The minimum absolute atomic E-state index is 0.127. The number of piperazine rings is 2. The summed E-state index contributed by atoms with van der Waals surface area (Å²) >= 11 is 0. The molecule has 80 valence electrons. The molecule has 0 amide bonds. The molecule has 0 aromatic rings. The van der Waals surface area contributed by atoms with Gasteiger partial charge in [-0.05, 0) is 12.8 Å². The van der Waals surface area contributed by atoms with Gasteiger partial charge in [-0.15, -0.1) is 0 Å². The Labute approximate surface area is 85.2 Å². The van der Waals surface area contributed by atoms with Gasteiger partial charge in [-0.3, -0.25) is 21.3 Å². The van der Waals surface area contributed by atoms with Crippen molar-refractivity contribution in [2.75, 3.05) is 26.2 Å². The number of hydrogen-bond donors (Lipinski definition) is 4. The summed E-state index contributed by atoms with van der Waals surface area (Å²) in [5.74, 6) is 0. The van der Waals surface area contributed by atoms with E-state index in [2.05, 4.69) is 21.3 Å². The Morgan fingerprint density at radius 3 is 1.29 bits per heavy atom. The highest BCUT2D eigenvalue weighted by Gasteiger charge is 2.55. The van der Waals surface area contributed by atoms with Crippen LogP contribution in [0.1, 0.15) is 25.7 Å². The third-order valence-corrected chi connectivity index (χ3v) is 4.04. The molecule has 2 saturated heterocycles. The van der Waals surface area contributed by atoms with E-state index in [-0.39, 0.29) is 11.3 Å². The first-order valence-electron chi connectivity index (χ1n) is 5.87. The lowest BCUT2D eigenvalue weighted by atomic mass is 9.75. The topological polar surface area (TPSA) is 48.1 Å². The van der Waals surface area contributed by atoms with Crippen LogP contribution in [-0.4, -0.2) is 37.5 Å². The van der Waals surface area contributed by atoms with Crippen LogP contribution in [0.25, 0.3) is 0 Å². The van der Waals surface area contributed by atoms with Crippen molar-refractivity contribution in [2.24, 2.45) is 0 Å². The van der Waals surface area contributed by atoms with Gasteiger partial charge in [0.2, 0.25) is 0 Å². The van der Waals surface area contributed by atoms with Crippen molar-refractivity contribution in [3.63, 3.8) is 0 Å². The van der Waals surface area contributed by atoms with E-state index in [1.807, 2.05) is 0 Å². The molecule has 2 heterocycles. The summed E-state index contributed by atoms with van der Waals surface area (Å²) in [5.41, 5.74) is 0.253. The monoisotopic (exact) mass is 196 g/mol. The fourth-order valence-electron chi connectivity index (χ4n) is 3.39. The Kier molecular flexibility index (Phi) is 2.06. The van der Waals surface area contributed by atoms with Crippen LogP contribution in [0.4, 0.5) is 0 Å². The molecule has 3 rings (SSSR count). The zero-order chi connectivity index (χ0) is 9.49. The molecule has 2 aliphatic heterocycles. The molecule has 4 N–H and O–H groups in total. The highest BCUT2D eigenvalue weighted by atomic mass is 15.4. The zero-order valence-corrected chi connectivity index (χ0v) is 8.66. The zero-order valence-electron chi connectivity index (χ0n) is 8.66. The summed E-state index contributed by atoms with van der Waals surface area (Å²) < 4.78 is 0. The van der Waals surface area contributed by atoms with E-state index in [1.54, 1.807) is 0 Å². The van der Waals surface area contributed by atoms with Gasteiger partial charge in [0.05, 0.1) is 0 Å². The first-order chi connectivity index (χ1) is 6.87. The summed E-state index contributed by atoms with van der Waals surface area (Å²) in [4.78, 5) is 0. The van der Waals surface area contributed by atoms with Crippen LogP contribution in [0.15, 0.2) is 0 Å². The average molecular weight is 196 g/mol. The number of nitrogens with one attached hydrogen (secondary N) is 4. The molecule has 4 nitrogen and oxygen atoms in total. The molecule has 0 aromatic carbocycles. The quantitative estimate of drug-likeness (QED) is 0.415. The Balaban J connectivity index is 1.94. The molecule has 0 aromatic heterocycles. The standard InChI is InChI=1S/C10H20N4/c1-2-4-10-9(3-1,11-5-7-13-10)12-6-8-14-10/h11-14H,1-8H2. The molecule has 0 radical (unpaired) electrons. The molecule has 3 aliphatic rings. The summed E-state index contributed by atoms with van der Waals surface area (Å²) in [6, 6.07) is 0. The minimum atomic E-state index is 0.127. The van der Waals surface area contributed by atoms with Crippen LogP contribution >= 0.6 is 0 Å². The van der Waals surface area contributed by atoms with Gasteiger partial charge in [0.15, 0.2) is 0 Å². The van der Waals surface area contributed by atoms with Crippen molar-refractivity contribution >= 4 is 0 Å². The maximum absolute atomic E-state index is 3.69. The van der Waals surface area contributed by atoms with E-state index >= 15 is 0 Å². The Bertz CT molecular complexity index is 170. The molecule has 0 spiro atoms. The first-order valence-corrected chi connectivity index (χ1v) is 5.87. The summed E-state index contributed by atoms with van der Waals surface area (Å²) in [6.45, 7) is 4.32. The molecule has 0 atom stereocenters. The highest BCUT2D eigenvalue weighted by Crippen LogP contribution is 2.36. The van der Waals surface area contributed by atoms with Gasteiger partial charge < -0.3 is 0 Å². The predicted octanol–water partition coefficient (Wildman–Crippen LogP) is -0.661. The first kappa shape index (κ1) is 9.09. The third-order valence-electron chi connectivity index (χ3n) is 4.04. The minimum Gasteiger partial charge on any atom is -0.295 e. The Hall–Kier alpha value is -0.160. The van der Waals surface area contributed by atoms with Crippen molar-refractivity contribution in [1.82, 2.24) is 21.3 Å². The Morgan fingerprint density at radius 1 is 0.571 bits per heavy atom. The van der Waals surface area contributed by atoms with E-state index in [0.29, 0.717) is 0 Å². The molecule has 4 heteroatoms. The van der Waals surface area contributed by atoms with Gasteiger partial charge in [-0.1, -0.05) is 12.8 Å². The number of hydrogen-bond acceptors (Lipinski definition) is 4. The van der Waals surface area contributed by atoms with Crippen LogP contribution < -0.4 is 21.3 Å². The maximum atomic E-state index is 3.69. The fourth-order valence-corrected chi connectivity index (χ4v) is 3.39. The van der Waals surface area contributed by atoms with Crippen LogP contribution in [0, 0.1) is 0 Å². The molecule has 0 unspecified atom stereocenters. The van der Waals surface area contributed by atoms with Crippen LogP contribution in [0.5, 0.6) is 0 Å². The van der Waals surface area contributed by atoms with Crippen molar-refractivity contribution in [3.05, 3.63) is 0 Å². The van der Waals surface area contributed by atoms with Crippen molar-refractivity contribution in [1.29, 1.82) is 0 Å². The smallest absolute Gasteiger partial charge is 0.101 e. The van der Waals surface area contributed by atoms with E-state index in [4.69, 9.17) is 0 Å². The van der Waals surface area contributed by atoms with Crippen LogP contribution in [-0.2, 0) is 0 Å². The van der Waals surface area contributed by atoms with E-state index in [9.17, 15) is 0 Å². The van der Waals surface area contributed by atoms with Gasteiger partial charge >= 0.3 is 0 Å². The molecular weight excluding hydrogens is 176 g/mol. The highest BCUT2D eigenvalue weighted by molar-refractivity contribution is 5.14. The second-order valence-corrected chi connectivity index (χ2v) is 4.72. The Morgan fingerprint density at radius 2 is 0.929 bits per heavy atom. The van der Waals surface area contributed by atoms with Gasteiger partial charge in [-0.2, -0.15) is 0 Å². The lowest BCUT2D eigenvalue weighted by Gasteiger charge is -2.60. The maximum Gasteiger partial charge on any atom is 0.101 e. The lowest BCUT2D eigenvalue weighted by molar-refractivity contribution is -0.0237. The molecule has 1 aliphatic carbocycles. The van der Waals surface area contributed by atoms with Gasteiger partial charge in [0.25, 0.3) is 0 Å². The van der Waals surface area contributed by atoms with Gasteiger partial charge in [0, 0.05) is 26.2 Å². The second-order valence-electron chi connectivity index (χ2n) is 4.72. The number of rotatable bonds is 0. The summed E-state index contributed by atoms with van der Waals surface area (Å²) in [5, 5.41) is 14.8. The van der Waals surface area contributed by atoms with Gasteiger partial charge in [-0.25, -0.2) is 0 Å². The summed E-state index contributed by atoms with van der Waals surface area (Å²) in [7, 11) is 0. The van der Waals surface area contributed by atoms with Crippen molar-refractivity contribution in [2.45, 2.75) is 37.0 Å². The van der Waals surface area contributed by atoms with Crippen molar-refractivity contribution < 1.29 is 0 Å². The predicted molar refractivity (Wildman–Crippen MR) is 55.9 cm³/mol. The molecule has 3 fully saturated rings. The van der Waals surface area contributed by atoms with E-state index in [1.165, 1.54) is 25.7 Å². The molecule has 0 bridgehead atoms. The molecule has 14 heavy (non-hydrogen) atoms. The third kappa shape index (κ3) is 1.08. The van der Waals surface area contributed by atoms with Crippen LogP contribution in [0.3, 0.4) is 0 Å².